The average Bonchev–Trinajstić information content (AvgIpc) is 2.62. The van der Waals surface area contributed by atoms with Crippen LogP contribution in [0.3, 0.4) is 0 Å². The molecule has 0 aromatic heterocycles. The van der Waals surface area contributed by atoms with E-state index in [4.69, 9.17) is 10.1 Å². The summed E-state index contributed by atoms with van der Waals surface area (Å²) >= 11 is 4.14. The first kappa shape index (κ1) is 21.4. The first-order valence-corrected chi connectivity index (χ1v) is 9.67. The Bertz CT molecular complexity index is 864. The van der Waals surface area contributed by atoms with Gasteiger partial charge in [0.25, 0.3) is 0 Å². The van der Waals surface area contributed by atoms with Crippen molar-refractivity contribution in [2.24, 2.45) is 0 Å². The molecule has 2 rings (SSSR count). The standard InChI is InChI=1S/C18H13I2NO6/c19-12-5-1-10(2-6-12)16(23)26-15(21)9-14(22)18(25)27-17(24)11-3-7-13(20)8-4-11/h1-8,14,21-22H,9H2. The molecule has 2 aromatic carbocycles. The Balaban J connectivity index is 1.86. The van der Waals surface area contributed by atoms with Crippen molar-refractivity contribution < 1.29 is 29.0 Å². The molecule has 0 saturated carbocycles. The second-order valence-electron chi connectivity index (χ2n) is 5.25. The second kappa shape index (κ2) is 9.90. The Kier molecular flexibility index (Phi) is 7.86. The zero-order valence-corrected chi connectivity index (χ0v) is 18.0. The van der Waals surface area contributed by atoms with Gasteiger partial charge in [0.15, 0.2) is 12.0 Å². The van der Waals surface area contributed by atoms with E-state index in [-0.39, 0.29) is 11.1 Å². The topological polar surface area (TPSA) is 114 Å². The number of ether oxygens (including phenoxy) is 2. The highest BCUT2D eigenvalue weighted by atomic mass is 127. The molecule has 0 spiro atoms. The third-order valence-electron chi connectivity index (χ3n) is 3.22. The van der Waals surface area contributed by atoms with Gasteiger partial charge < -0.3 is 14.6 Å². The molecule has 9 heteroatoms. The van der Waals surface area contributed by atoms with Crippen LogP contribution >= 0.6 is 45.2 Å². The number of hydrogen-bond donors (Lipinski definition) is 2. The maximum Gasteiger partial charge on any atom is 0.345 e. The number of rotatable bonds is 5. The van der Waals surface area contributed by atoms with Crippen LogP contribution < -0.4 is 0 Å². The zero-order chi connectivity index (χ0) is 20.0. The van der Waals surface area contributed by atoms with E-state index in [1.165, 1.54) is 24.3 Å². The fourth-order valence-electron chi connectivity index (χ4n) is 1.86. The van der Waals surface area contributed by atoms with Gasteiger partial charge in [0, 0.05) is 7.14 Å². The summed E-state index contributed by atoms with van der Waals surface area (Å²) in [6.45, 7) is 0. The number of hydrogen-bond acceptors (Lipinski definition) is 7. The van der Waals surface area contributed by atoms with Crippen molar-refractivity contribution in [2.75, 3.05) is 0 Å². The van der Waals surface area contributed by atoms with Crippen LogP contribution in [0.4, 0.5) is 0 Å². The average molecular weight is 593 g/mol. The Hall–Kier alpha value is -1.86. The van der Waals surface area contributed by atoms with Gasteiger partial charge in [-0.25, -0.2) is 14.4 Å². The summed E-state index contributed by atoms with van der Waals surface area (Å²) in [4.78, 5) is 35.5. The summed E-state index contributed by atoms with van der Waals surface area (Å²) < 4.78 is 11.2. The first-order valence-electron chi connectivity index (χ1n) is 7.51. The second-order valence-corrected chi connectivity index (χ2v) is 7.75. The lowest BCUT2D eigenvalue weighted by molar-refractivity contribution is -0.147. The molecule has 0 fully saturated rings. The van der Waals surface area contributed by atoms with Crippen LogP contribution in [-0.4, -0.2) is 35.0 Å². The first-order chi connectivity index (χ1) is 12.8. The molecule has 0 aliphatic heterocycles. The van der Waals surface area contributed by atoms with E-state index in [1.54, 1.807) is 24.3 Å². The lowest BCUT2D eigenvalue weighted by Crippen LogP contribution is -2.29. The van der Waals surface area contributed by atoms with Gasteiger partial charge in [-0.05, 0) is 93.7 Å². The van der Waals surface area contributed by atoms with E-state index in [0.717, 1.165) is 7.14 Å². The number of esters is 3. The summed E-state index contributed by atoms with van der Waals surface area (Å²) in [5.41, 5.74) is 0.377. The Morgan fingerprint density at radius 1 is 0.852 bits per heavy atom. The van der Waals surface area contributed by atoms with Crippen molar-refractivity contribution in [3.05, 3.63) is 66.8 Å². The minimum Gasteiger partial charge on any atom is -0.408 e. The van der Waals surface area contributed by atoms with E-state index >= 15 is 0 Å². The molecule has 0 amide bonds. The highest BCUT2D eigenvalue weighted by Crippen LogP contribution is 2.11. The van der Waals surface area contributed by atoms with Crippen LogP contribution in [0.25, 0.3) is 0 Å². The van der Waals surface area contributed by atoms with Gasteiger partial charge in [-0.15, -0.1) is 0 Å². The van der Waals surface area contributed by atoms with Crippen LogP contribution in [-0.2, 0) is 14.3 Å². The van der Waals surface area contributed by atoms with Gasteiger partial charge in [0.2, 0.25) is 0 Å². The number of halogens is 2. The van der Waals surface area contributed by atoms with Crippen LogP contribution in [0, 0.1) is 12.5 Å². The summed E-state index contributed by atoms with van der Waals surface area (Å²) in [5.74, 6) is -3.55. The number of aliphatic hydroxyl groups is 1. The minimum atomic E-state index is -1.81. The Labute approximate surface area is 181 Å². The summed E-state index contributed by atoms with van der Waals surface area (Å²) in [5, 5.41) is 17.4. The van der Waals surface area contributed by atoms with E-state index in [9.17, 15) is 19.5 Å². The lowest BCUT2D eigenvalue weighted by Gasteiger charge is -2.11. The summed E-state index contributed by atoms with van der Waals surface area (Å²) in [6, 6.07) is 12.7. The van der Waals surface area contributed by atoms with E-state index in [1.807, 2.05) is 0 Å². The van der Waals surface area contributed by atoms with Gasteiger partial charge in [-0.1, -0.05) is 0 Å². The monoisotopic (exact) mass is 593 g/mol. The molecular formula is C18H13I2NO6. The van der Waals surface area contributed by atoms with Crippen molar-refractivity contribution >= 4 is 69.0 Å². The normalized spacial score (nSPS) is 11.4. The van der Waals surface area contributed by atoms with Gasteiger partial charge in [-0.3, -0.25) is 5.41 Å². The number of aliphatic hydroxyl groups excluding tert-OH is 1. The van der Waals surface area contributed by atoms with Crippen LogP contribution in [0.15, 0.2) is 48.5 Å². The van der Waals surface area contributed by atoms with Crippen molar-refractivity contribution in [1.82, 2.24) is 0 Å². The Morgan fingerprint density at radius 3 is 1.70 bits per heavy atom. The van der Waals surface area contributed by atoms with Crippen LogP contribution in [0.5, 0.6) is 0 Å². The van der Waals surface area contributed by atoms with E-state index in [2.05, 4.69) is 49.9 Å². The summed E-state index contributed by atoms with van der Waals surface area (Å²) in [6.07, 6.45) is -2.41. The van der Waals surface area contributed by atoms with Gasteiger partial charge in [0.1, 0.15) is 0 Å². The van der Waals surface area contributed by atoms with Gasteiger partial charge in [0.05, 0.1) is 17.5 Å². The zero-order valence-electron chi connectivity index (χ0n) is 13.6. The summed E-state index contributed by atoms with van der Waals surface area (Å²) in [7, 11) is 0. The SMILES string of the molecule is N=C(CC(O)C(=O)OC(=O)c1ccc(I)cc1)OC(=O)c1ccc(I)cc1. The molecule has 1 atom stereocenters. The predicted molar refractivity (Wildman–Crippen MR) is 113 cm³/mol. The van der Waals surface area contributed by atoms with Crippen LogP contribution in [0.2, 0.25) is 0 Å². The van der Waals surface area contributed by atoms with Crippen molar-refractivity contribution in [3.8, 4) is 0 Å². The molecule has 0 bridgehead atoms. The predicted octanol–water partition coefficient (Wildman–Crippen LogP) is 3.16. The van der Waals surface area contributed by atoms with Crippen molar-refractivity contribution in [1.29, 1.82) is 5.41 Å². The highest BCUT2D eigenvalue weighted by Gasteiger charge is 2.24. The fraction of sp³-hybridized carbons (Fsp3) is 0.111. The van der Waals surface area contributed by atoms with Gasteiger partial charge in [-0.2, -0.15) is 0 Å². The third kappa shape index (κ3) is 6.66. The third-order valence-corrected chi connectivity index (χ3v) is 4.66. The molecule has 0 aliphatic rings. The molecule has 0 saturated heterocycles. The maximum atomic E-state index is 11.9. The van der Waals surface area contributed by atoms with Crippen molar-refractivity contribution in [3.63, 3.8) is 0 Å². The highest BCUT2D eigenvalue weighted by molar-refractivity contribution is 14.1. The molecule has 0 heterocycles. The van der Waals surface area contributed by atoms with Crippen LogP contribution in [0.1, 0.15) is 27.1 Å². The molecule has 1 unspecified atom stereocenters. The molecule has 2 N–H and O–H groups in total. The molecule has 0 aliphatic carbocycles. The minimum absolute atomic E-state index is 0.149. The van der Waals surface area contributed by atoms with E-state index in [0.29, 0.717) is 0 Å². The smallest absolute Gasteiger partial charge is 0.345 e. The molecular weight excluding hydrogens is 580 g/mol. The molecule has 2 aromatic rings. The van der Waals surface area contributed by atoms with E-state index < -0.39 is 36.3 Å². The number of benzene rings is 2. The lowest BCUT2D eigenvalue weighted by atomic mass is 10.2. The number of carbonyl (C=O) groups excluding carboxylic acids is 3. The number of nitrogens with one attached hydrogen (secondary N) is 1. The van der Waals surface area contributed by atoms with Crippen molar-refractivity contribution in [2.45, 2.75) is 12.5 Å². The molecule has 27 heavy (non-hydrogen) atoms. The Morgan fingerprint density at radius 2 is 1.26 bits per heavy atom. The quantitative estimate of drug-likeness (QED) is 0.181. The largest absolute Gasteiger partial charge is 0.408 e. The molecule has 140 valence electrons. The molecule has 0 radical (unpaired) electrons. The van der Waals surface area contributed by atoms with Gasteiger partial charge >= 0.3 is 17.9 Å². The fourth-order valence-corrected chi connectivity index (χ4v) is 2.58. The maximum absolute atomic E-state index is 11.9. The number of carbonyl (C=O) groups is 3. The molecule has 7 nitrogen and oxygen atoms in total.